The maximum atomic E-state index is 3.71. The molecule has 0 amide bonds. The fourth-order valence-corrected chi connectivity index (χ4v) is 3.21. The fraction of sp³-hybridized carbons (Fsp3) is 0.647. The Hall–Kier alpha value is -0.340. The third-order valence-electron chi connectivity index (χ3n) is 4.02. The molecule has 2 heteroatoms. The summed E-state index contributed by atoms with van der Waals surface area (Å²) in [7, 11) is 0. The number of rotatable bonds is 8. The van der Waals surface area contributed by atoms with Crippen LogP contribution in [0.25, 0.3) is 0 Å². The van der Waals surface area contributed by atoms with Gasteiger partial charge < -0.3 is 5.32 Å². The molecule has 0 radical (unpaired) electrons. The van der Waals surface area contributed by atoms with E-state index in [9.17, 15) is 0 Å². The van der Waals surface area contributed by atoms with E-state index in [0.29, 0.717) is 5.92 Å². The lowest BCUT2D eigenvalue weighted by atomic mass is 9.87. The van der Waals surface area contributed by atoms with E-state index in [2.05, 4.69) is 59.4 Å². The quantitative estimate of drug-likeness (QED) is 0.700. The van der Waals surface area contributed by atoms with E-state index in [1.165, 1.54) is 42.1 Å². The standard InChI is InChI=1S/C17H26BrN/c1-3-5-13(2)10-15(12-19-17-8-9-17)14-6-4-7-16(18)11-14/h4,6-7,11,13,15,17,19H,3,5,8-10,12H2,1-2H3. The third kappa shape index (κ3) is 5.27. The molecule has 1 aliphatic carbocycles. The normalized spacial score (nSPS) is 18.3. The van der Waals surface area contributed by atoms with E-state index in [1.54, 1.807) is 0 Å². The predicted molar refractivity (Wildman–Crippen MR) is 86.6 cm³/mol. The summed E-state index contributed by atoms with van der Waals surface area (Å²) in [4.78, 5) is 0. The topological polar surface area (TPSA) is 12.0 Å². The molecule has 1 nitrogen and oxygen atoms in total. The fourth-order valence-electron chi connectivity index (χ4n) is 2.79. The molecule has 0 spiro atoms. The zero-order valence-electron chi connectivity index (χ0n) is 12.2. The van der Waals surface area contributed by atoms with Crippen LogP contribution in [0.15, 0.2) is 28.7 Å². The van der Waals surface area contributed by atoms with Crippen LogP contribution in [-0.4, -0.2) is 12.6 Å². The average molecular weight is 324 g/mol. The molecular formula is C17H26BrN. The summed E-state index contributed by atoms with van der Waals surface area (Å²) in [6.07, 6.45) is 6.67. The molecule has 2 rings (SSSR count). The Labute approximate surface area is 126 Å². The molecule has 0 bridgehead atoms. The first-order valence-electron chi connectivity index (χ1n) is 7.68. The minimum atomic E-state index is 0.652. The van der Waals surface area contributed by atoms with E-state index < -0.39 is 0 Å². The van der Waals surface area contributed by atoms with Gasteiger partial charge in [-0.1, -0.05) is 54.8 Å². The zero-order valence-corrected chi connectivity index (χ0v) is 13.7. The highest BCUT2D eigenvalue weighted by Gasteiger charge is 2.23. The molecule has 1 N–H and O–H groups in total. The minimum Gasteiger partial charge on any atom is -0.313 e. The van der Waals surface area contributed by atoms with E-state index >= 15 is 0 Å². The van der Waals surface area contributed by atoms with Crippen molar-refractivity contribution in [3.05, 3.63) is 34.3 Å². The summed E-state index contributed by atoms with van der Waals surface area (Å²) in [6, 6.07) is 9.65. The van der Waals surface area contributed by atoms with Crippen LogP contribution >= 0.6 is 15.9 Å². The molecule has 0 aromatic heterocycles. The Morgan fingerprint density at radius 2 is 2.16 bits per heavy atom. The van der Waals surface area contributed by atoms with Crippen molar-refractivity contribution in [2.24, 2.45) is 5.92 Å². The van der Waals surface area contributed by atoms with Crippen LogP contribution in [0, 0.1) is 5.92 Å². The summed E-state index contributed by atoms with van der Waals surface area (Å²) in [6.45, 7) is 5.81. The van der Waals surface area contributed by atoms with Gasteiger partial charge in [0, 0.05) is 17.1 Å². The van der Waals surface area contributed by atoms with Gasteiger partial charge in [-0.15, -0.1) is 0 Å². The number of hydrogen-bond donors (Lipinski definition) is 1. The van der Waals surface area contributed by atoms with Crippen molar-refractivity contribution in [3.63, 3.8) is 0 Å². The predicted octanol–water partition coefficient (Wildman–Crippen LogP) is 5.11. The lowest BCUT2D eigenvalue weighted by Crippen LogP contribution is -2.24. The van der Waals surface area contributed by atoms with Crippen molar-refractivity contribution >= 4 is 15.9 Å². The van der Waals surface area contributed by atoms with E-state index in [4.69, 9.17) is 0 Å². The molecule has 1 aliphatic rings. The van der Waals surface area contributed by atoms with Crippen LogP contribution in [0.3, 0.4) is 0 Å². The Morgan fingerprint density at radius 3 is 2.79 bits per heavy atom. The molecule has 2 atom stereocenters. The summed E-state index contributed by atoms with van der Waals surface area (Å²) >= 11 is 3.60. The number of halogens is 1. The van der Waals surface area contributed by atoms with Gasteiger partial charge in [-0.25, -0.2) is 0 Å². The molecule has 1 fully saturated rings. The van der Waals surface area contributed by atoms with Crippen molar-refractivity contribution in [3.8, 4) is 0 Å². The van der Waals surface area contributed by atoms with Gasteiger partial charge >= 0.3 is 0 Å². The molecule has 1 saturated carbocycles. The second kappa shape index (κ2) is 7.44. The third-order valence-corrected chi connectivity index (χ3v) is 4.51. The maximum absolute atomic E-state index is 3.71. The second-order valence-corrected chi connectivity index (χ2v) is 6.98. The zero-order chi connectivity index (χ0) is 13.7. The van der Waals surface area contributed by atoms with Gasteiger partial charge in [-0.05, 0) is 48.8 Å². The molecule has 1 aromatic rings. The van der Waals surface area contributed by atoms with Gasteiger partial charge in [0.1, 0.15) is 0 Å². The van der Waals surface area contributed by atoms with Crippen LogP contribution in [0.1, 0.15) is 57.4 Å². The summed E-state index contributed by atoms with van der Waals surface area (Å²) < 4.78 is 1.20. The molecule has 19 heavy (non-hydrogen) atoms. The molecule has 0 aliphatic heterocycles. The van der Waals surface area contributed by atoms with E-state index in [1.807, 2.05) is 0 Å². The monoisotopic (exact) mass is 323 g/mol. The first-order chi connectivity index (χ1) is 9.19. The van der Waals surface area contributed by atoms with Crippen LogP contribution in [0.4, 0.5) is 0 Å². The second-order valence-electron chi connectivity index (χ2n) is 6.06. The summed E-state index contributed by atoms with van der Waals surface area (Å²) in [5.41, 5.74) is 1.48. The Bertz CT molecular complexity index is 387. The van der Waals surface area contributed by atoms with Crippen molar-refractivity contribution in [2.45, 2.75) is 57.9 Å². The molecule has 0 saturated heterocycles. The molecule has 0 heterocycles. The lowest BCUT2D eigenvalue weighted by molar-refractivity contribution is 0.419. The van der Waals surface area contributed by atoms with Crippen LogP contribution in [-0.2, 0) is 0 Å². The highest BCUT2D eigenvalue weighted by Crippen LogP contribution is 2.29. The summed E-state index contributed by atoms with van der Waals surface area (Å²) in [5.74, 6) is 1.47. The molecule has 1 aromatic carbocycles. The van der Waals surface area contributed by atoms with Crippen molar-refractivity contribution in [1.29, 1.82) is 0 Å². The number of nitrogens with one attached hydrogen (secondary N) is 1. The first kappa shape index (κ1) is 15.1. The summed E-state index contributed by atoms with van der Waals surface area (Å²) in [5, 5.41) is 3.71. The van der Waals surface area contributed by atoms with E-state index in [-0.39, 0.29) is 0 Å². The smallest absolute Gasteiger partial charge is 0.0178 e. The number of benzene rings is 1. The van der Waals surface area contributed by atoms with Crippen LogP contribution in [0.5, 0.6) is 0 Å². The van der Waals surface area contributed by atoms with Gasteiger partial charge in [-0.2, -0.15) is 0 Å². The Balaban J connectivity index is 1.99. The van der Waals surface area contributed by atoms with Crippen LogP contribution in [0.2, 0.25) is 0 Å². The molecule has 2 unspecified atom stereocenters. The lowest BCUT2D eigenvalue weighted by Gasteiger charge is -2.22. The minimum absolute atomic E-state index is 0.652. The van der Waals surface area contributed by atoms with Crippen molar-refractivity contribution in [2.75, 3.05) is 6.54 Å². The average Bonchev–Trinajstić information content (AvgIpc) is 3.18. The SMILES string of the molecule is CCCC(C)CC(CNC1CC1)c1cccc(Br)c1. The maximum Gasteiger partial charge on any atom is 0.0178 e. The van der Waals surface area contributed by atoms with Gasteiger partial charge in [0.15, 0.2) is 0 Å². The Kier molecular flexibility index (Phi) is 5.90. The molecule has 106 valence electrons. The van der Waals surface area contributed by atoms with Gasteiger partial charge in [-0.3, -0.25) is 0 Å². The van der Waals surface area contributed by atoms with Crippen molar-refractivity contribution in [1.82, 2.24) is 5.32 Å². The van der Waals surface area contributed by atoms with E-state index in [0.717, 1.165) is 18.5 Å². The van der Waals surface area contributed by atoms with Gasteiger partial charge in [0.25, 0.3) is 0 Å². The largest absolute Gasteiger partial charge is 0.313 e. The number of hydrogen-bond acceptors (Lipinski definition) is 1. The Morgan fingerprint density at radius 1 is 1.37 bits per heavy atom. The first-order valence-corrected chi connectivity index (χ1v) is 8.47. The van der Waals surface area contributed by atoms with Gasteiger partial charge in [0.2, 0.25) is 0 Å². The van der Waals surface area contributed by atoms with Crippen LogP contribution < -0.4 is 5.32 Å². The highest BCUT2D eigenvalue weighted by atomic mass is 79.9. The van der Waals surface area contributed by atoms with Gasteiger partial charge in [0.05, 0.1) is 0 Å². The highest BCUT2D eigenvalue weighted by molar-refractivity contribution is 9.10. The van der Waals surface area contributed by atoms with Crippen molar-refractivity contribution < 1.29 is 0 Å². The molecular weight excluding hydrogens is 298 g/mol.